The van der Waals surface area contributed by atoms with Crippen molar-refractivity contribution >= 4 is 39.0 Å². The molecular formula is C48H37NO. The fourth-order valence-electron chi connectivity index (χ4n) is 7.08. The molecule has 0 radical (unpaired) electrons. The van der Waals surface area contributed by atoms with Gasteiger partial charge in [-0.25, -0.2) is 0 Å². The lowest BCUT2D eigenvalue weighted by atomic mass is 9.82. The van der Waals surface area contributed by atoms with Crippen molar-refractivity contribution in [2.24, 2.45) is 0 Å². The number of benzene rings is 7. The van der Waals surface area contributed by atoms with E-state index in [2.05, 4.69) is 0 Å². The summed E-state index contributed by atoms with van der Waals surface area (Å²) in [4.78, 5) is 0.796. The fourth-order valence-corrected chi connectivity index (χ4v) is 7.08. The van der Waals surface area contributed by atoms with Crippen molar-refractivity contribution in [3.63, 3.8) is 0 Å². The molecule has 50 heavy (non-hydrogen) atoms. The first kappa shape index (κ1) is 13.5. The molecule has 0 saturated heterocycles. The molecule has 2 aliphatic rings. The summed E-state index contributed by atoms with van der Waals surface area (Å²) < 4.78 is 234. The number of hydrogen-bond donors (Lipinski definition) is 0. The monoisotopic (exact) mass is 668 g/mol. The molecule has 8 aromatic rings. The highest BCUT2D eigenvalue weighted by molar-refractivity contribution is 6.13. The maximum Gasteiger partial charge on any atom is 0.137 e. The third-order valence-corrected chi connectivity index (χ3v) is 9.40. The number of para-hydroxylation sites is 1. The summed E-state index contributed by atoms with van der Waals surface area (Å²) in [5.74, 6) is 0. The van der Waals surface area contributed by atoms with E-state index < -0.39 is 178 Å². The molecule has 0 amide bonds. The minimum Gasteiger partial charge on any atom is -0.456 e. The summed E-state index contributed by atoms with van der Waals surface area (Å²) in [6.07, 6.45) is 0. The van der Waals surface area contributed by atoms with Gasteiger partial charge >= 0.3 is 0 Å². The lowest BCUT2D eigenvalue weighted by Crippen LogP contribution is -2.16. The summed E-state index contributed by atoms with van der Waals surface area (Å²) in [7, 11) is 0. The molecule has 1 heterocycles. The summed E-state index contributed by atoms with van der Waals surface area (Å²) in [6, 6.07) is -6.90. The Morgan fingerprint density at radius 3 is 2.20 bits per heavy atom. The molecule has 0 aliphatic heterocycles. The number of rotatable bonds is 4. The van der Waals surface area contributed by atoms with Gasteiger partial charge in [-0.2, -0.15) is 0 Å². The van der Waals surface area contributed by atoms with Gasteiger partial charge in [0, 0.05) is 35.8 Å². The Morgan fingerprint density at radius 2 is 1.34 bits per heavy atom. The van der Waals surface area contributed by atoms with Gasteiger partial charge in [0.1, 0.15) is 11.2 Å². The zero-order valence-corrected chi connectivity index (χ0v) is 26.3. The summed E-state index contributed by atoms with van der Waals surface area (Å²) in [5, 5.41) is -0.558. The standard InChI is InChI=1S/C48H37NO/c1-47(2)39-21-9-6-17-36(39)45-33(19-12-22-40(45)47)30-14-11-15-31(28-30)49(42-23-13-25-44-46(42)37-18-7-10-24-43(37)50-44)32-26-27-35-34-16-5-8-20-38(34)48(3,4)41(35)29-32/h5-29H,1-4H3/i3D3,4D3,5D,6D,7D,8D,9D,12D,14D,15D,16D,17D,18D,20D,21D,22D,23D,24D,26D,28D,29D. The summed E-state index contributed by atoms with van der Waals surface area (Å²) in [5.41, 5.74) is -11.3. The SMILES string of the molecule is [2H]c1cc(-c2c([2H])cc([2H])c(N(c3c([2H])cc4c(c3[2H])C(C([2H])([2H])[2H])(C([2H])([2H])[2H])c3c([2H])c([2H])c([2H])c([2H])c3-4)c3c([2H])ccc4oc5c([2H])cc([2H])c([2H])c5c34)c2[2H])c2c(c1[2H])C(C)(C)c1c([2H])c([2H])c([2H])c([2H])c1-2. The normalized spacial score (nSPS) is 22.3. The highest BCUT2D eigenvalue weighted by Crippen LogP contribution is 2.54. The average Bonchev–Trinajstić information content (AvgIpc) is 3.95. The first-order valence-corrected chi connectivity index (χ1v) is 15.5. The maximum absolute atomic E-state index is 10.2. The van der Waals surface area contributed by atoms with Crippen molar-refractivity contribution < 1.29 is 38.7 Å². The van der Waals surface area contributed by atoms with Gasteiger partial charge in [-0.3, -0.25) is 0 Å². The lowest BCUT2D eigenvalue weighted by molar-refractivity contribution is 0.660. The van der Waals surface area contributed by atoms with E-state index in [1.165, 1.54) is 6.07 Å². The highest BCUT2D eigenvalue weighted by atomic mass is 16.3. The number of fused-ring (bicyclic) bond motifs is 9. The van der Waals surface area contributed by atoms with Crippen LogP contribution in [0.2, 0.25) is 0 Å². The van der Waals surface area contributed by atoms with Crippen LogP contribution < -0.4 is 4.90 Å². The molecule has 0 atom stereocenters. The zero-order chi connectivity index (χ0) is 55.3. The number of anilines is 3. The first-order chi connectivity index (χ1) is 34.7. The van der Waals surface area contributed by atoms with Crippen LogP contribution in [0.25, 0.3) is 55.3 Å². The lowest BCUT2D eigenvalue weighted by Gasteiger charge is -2.29. The van der Waals surface area contributed by atoms with Crippen LogP contribution in [0.15, 0.2) is 156 Å². The molecule has 0 unspecified atom stereocenters. The second-order valence-corrected chi connectivity index (χ2v) is 12.6. The minimum atomic E-state index is -3.78. The van der Waals surface area contributed by atoms with E-state index >= 15 is 0 Å². The van der Waals surface area contributed by atoms with Gasteiger partial charge in [0.15, 0.2) is 0 Å². The molecule has 1 aromatic heterocycles. The second-order valence-electron chi connectivity index (χ2n) is 12.6. The van der Waals surface area contributed by atoms with Crippen LogP contribution in [0.5, 0.6) is 0 Å². The van der Waals surface area contributed by atoms with Crippen LogP contribution in [0.1, 0.15) is 84.1 Å². The van der Waals surface area contributed by atoms with Gasteiger partial charge in [0.2, 0.25) is 0 Å². The quantitative estimate of drug-likeness (QED) is 0.186. The number of nitrogens with zero attached hydrogens (tertiary/aromatic N) is 1. The smallest absolute Gasteiger partial charge is 0.137 e. The van der Waals surface area contributed by atoms with E-state index in [0.29, 0.717) is 0 Å². The predicted octanol–water partition coefficient (Wildman–Crippen LogP) is 13.3. The summed E-state index contributed by atoms with van der Waals surface area (Å²) >= 11 is 0. The third-order valence-electron chi connectivity index (χ3n) is 9.40. The Kier molecular flexibility index (Phi) is 2.78. The largest absolute Gasteiger partial charge is 0.456 e. The van der Waals surface area contributed by atoms with Crippen LogP contribution in [-0.2, 0) is 10.8 Å². The van der Waals surface area contributed by atoms with Gasteiger partial charge in [-0.05, 0) is 98.0 Å². The number of furan rings is 1. The molecule has 2 nitrogen and oxygen atoms in total. The third kappa shape index (κ3) is 3.96. The Balaban J connectivity index is 1.44. The molecule has 2 aliphatic carbocycles. The Morgan fingerprint density at radius 1 is 0.560 bits per heavy atom. The predicted molar refractivity (Wildman–Crippen MR) is 209 cm³/mol. The molecule has 2 heteroatoms. The second kappa shape index (κ2) is 10.3. The van der Waals surface area contributed by atoms with E-state index in [1.807, 2.05) is 0 Å². The Labute approximate surface area is 328 Å². The minimum absolute atomic E-state index is 0.0301. The van der Waals surface area contributed by atoms with E-state index in [1.54, 1.807) is 13.8 Å². The van der Waals surface area contributed by atoms with Gasteiger partial charge in [-0.15, -0.1) is 0 Å². The topological polar surface area (TPSA) is 16.4 Å². The molecule has 0 saturated carbocycles. The van der Waals surface area contributed by atoms with Gasteiger partial charge < -0.3 is 9.32 Å². The first-order valence-electron chi connectivity index (χ1n) is 28.0. The van der Waals surface area contributed by atoms with Crippen molar-refractivity contribution in [1.82, 2.24) is 0 Å². The molecular weight excluding hydrogens is 607 g/mol. The Hall–Kier alpha value is -5.86. The van der Waals surface area contributed by atoms with E-state index in [0.717, 1.165) is 35.2 Å². The molecule has 0 fully saturated rings. The van der Waals surface area contributed by atoms with Crippen molar-refractivity contribution in [2.45, 2.75) is 38.4 Å². The fraction of sp³-hybridized carbons (Fsp3) is 0.125. The van der Waals surface area contributed by atoms with Crippen LogP contribution in [0.3, 0.4) is 0 Å². The van der Waals surface area contributed by atoms with Crippen molar-refractivity contribution in [3.8, 4) is 33.4 Å². The molecule has 0 bridgehead atoms. The summed E-state index contributed by atoms with van der Waals surface area (Å²) in [6.45, 7) is -4.40. The van der Waals surface area contributed by atoms with Crippen molar-refractivity contribution in [1.29, 1.82) is 0 Å². The van der Waals surface area contributed by atoms with E-state index in [-0.39, 0.29) is 55.8 Å². The molecule has 10 rings (SSSR count). The van der Waals surface area contributed by atoms with Crippen LogP contribution >= 0.6 is 0 Å². The van der Waals surface area contributed by atoms with Gasteiger partial charge in [0.25, 0.3) is 0 Å². The average molecular weight is 669 g/mol. The molecule has 7 aromatic carbocycles. The maximum atomic E-state index is 10.2. The van der Waals surface area contributed by atoms with Gasteiger partial charge in [0.05, 0.1) is 37.1 Å². The molecule has 0 N–H and O–H groups in total. The molecule has 240 valence electrons. The molecule has 0 spiro atoms. The van der Waals surface area contributed by atoms with Crippen LogP contribution in [0.4, 0.5) is 17.1 Å². The van der Waals surface area contributed by atoms with Crippen LogP contribution in [-0.4, -0.2) is 0 Å². The van der Waals surface area contributed by atoms with Crippen molar-refractivity contribution in [2.75, 3.05) is 4.90 Å². The highest BCUT2D eigenvalue weighted by Gasteiger charge is 2.37. The van der Waals surface area contributed by atoms with Crippen LogP contribution in [0, 0.1) is 0 Å². The zero-order valence-electron chi connectivity index (χ0n) is 51.3. The van der Waals surface area contributed by atoms with E-state index in [9.17, 15) is 8.22 Å². The van der Waals surface area contributed by atoms with E-state index in [4.69, 9.17) is 30.5 Å². The Bertz CT molecular complexity index is 3950. The van der Waals surface area contributed by atoms with Crippen molar-refractivity contribution in [3.05, 3.63) is 173 Å². The van der Waals surface area contributed by atoms with Gasteiger partial charge in [-0.1, -0.05) is 136 Å². The number of hydrogen-bond acceptors (Lipinski definition) is 2.